The first-order valence-corrected chi connectivity index (χ1v) is 10.7. The highest BCUT2D eigenvalue weighted by molar-refractivity contribution is 14.0. The Balaban J connectivity index is 0.00000272. The topological polar surface area (TPSA) is 75.4 Å². The first-order valence-electron chi connectivity index (χ1n) is 10.7. The van der Waals surface area contributed by atoms with Crippen LogP contribution in [0.2, 0.25) is 0 Å². The maximum absolute atomic E-state index is 5.50. The molecule has 0 bridgehead atoms. The molecule has 1 saturated heterocycles. The second kappa shape index (κ2) is 11.0. The summed E-state index contributed by atoms with van der Waals surface area (Å²) in [4.78, 5) is 9.68. The molecular formula is C22H32IN5O3. The molecule has 0 aliphatic carbocycles. The zero-order chi connectivity index (χ0) is 20.9. The molecule has 3 heterocycles. The van der Waals surface area contributed by atoms with Gasteiger partial charge in [-0.05, 0) is 44.9 Å². The van der Waals surface area contributed by atoms with Crippen molar-refractivity contribution in [3.8, 4) is 11.5 Å². The van der Waals surface area contributed by atoms with Crippen molar-refractivity contribution in [3.63, 3.8) is 0 Å². The molecule has 1 N–H and O–H groups in total. The van der Waals surface area contributed by atoms with Gasteiger partial charge in [-0.1, -0.05) is 11.2 Å². The van der Waals surface area contributed by atoms with Crippen LogP contribution >= 0.6 is 24.0 Å². The fraction of sp³-hybridized carbons (Fsp3) is 0.545. The predicted molar refractivity (Wildman–Crippen MR) is 130 cm³/mol. The average Bonchev–Trinajstić information content (AvgIpc) is 3.34. The van der Waals surface area contributed by atoms with Crippen molar-refractivity contribution in [2.45, 2.75) is 33.7 Å². The molecule has 0 amide bonds. The predicted octanol–water partition coefficient (Wildman–Crippen LogP) is 2.96. The molecule has 1 aromatic carbocycles. The molecule has 2 aliphatic heterocycles. The summed E-state index contributed by atoms with van der Waals surface area (Å²) >= 11 is 0. The fourth-order valence-electron chi connectivity index (χ4n) is 3.97. The highest BCUT2D eigenvalue weighted by atomic mass is 127. The lowest BCUT2D eigenvalue weighted by molar-refractivity contribution is 0.171. The Hall–Kier alpha value is -2.01. The molecule has 0 saturated carbocycles. The quantitative estimate of drug-likeness (QED) is 0.343. The van der Waals surface area contributed by atoms with Crippen LogP contribution < -0.4 is 14.8 Å². The molecule has 2 aromatic rings. The van der Waals surface area contributed by atoms with Crippen LogP contribution in [0.3, 0.4) is 0 Å². The number of rotatable bonds is 6. The molecular weight excluding hydrogens is 509 g/mol. The summed E-state index contributed by atoms with van der Waals surface area (Å²) in [5.74, 6) is 3.58. The van der Waals surface area contributed by atoms with Gasteiger partial charge >= 0.3 is 0 Å². The van der Waals surface area contributed by atoms with Gasteiger partial charge in [0.05, 0.1) is 5.69 Å². The number of hydrogen-bond donors (Lipinski definition) is 1. The Labute approximate surface area is 201 Å². The summed E-state index contributed by atoms with van der Waals surface area (Å²) in [7, 11) is 0. The van der Waals surface area contributed by atoms with Crippen LogP contribution in [-0.2, 0) is 13.0 Å². The average molecular weight is 541 g/mol. The number of nitrogens with zero attached hydrogens (tertiary/aromatic N) is 4. The van der Waals surface area contributed by atoms with Gasteiger partial charge in [0.15, 0.2) is 17.5 Å². The monoisotopic (exact) mass is 541 g/mol. The summed E-state index contributed by atoms with van der Waals surface area (Å²) in [6.45, 7) is 12.8. The van der Waals surface area contributed by atoms with Crippen LogP contribution in [-0.4, -0.2) is 67.0 Å². The summed E-state index contributed by atoms with van der Waals surface area (Å²) in [5, 5.41) is 7.47. The van der Waals surface area contributed by atoms with Crippen molar-refractivity contribution in [2.24, 2.45) is 4.99 Å². The minimum absolute atomic E-state index is 0. The van der Waals surface area contributed by atoms with E-state index < -0.39 is 0 Å². The number of aryl methyl sites for hydroxylation is 2. The molecule has 8 nitrogen and oxygen atoms in total. The first-order chi connectivity index (χ1) is 14.6. The molecule has 31 heavy (non-hydrogen) atoms. The Bertz CT molecular complexity index is 874. The summed E-state index contributed by atoms with van der Waals surface area (Å²) in [5.41, 5.74) is 3.39. The van der Waals surface area contributed by atoms with Crippen LogP contribution in [0.5, 0.6) is 11.5 Å². The van der Waals surface area contributed by atoms with Gasteiger partial charge in [-0.25, -0.2) is 0 Å². The van der Waals surface area contributed by atoms with Gasteiger partial charge in [0.25, 0.3) is 0 Å². The van der Waals surface area contributed by atoms with E-state index in [-0.39, 0.29) is 24.0 Å². The lowest BCUT2D eigenvalue weighted by Crippen LogP contribution is -2.52. The van der Waals surface area contributed by atoms with Gasteiger partial charge in [0, 0.05) is 51.4 Å². The van der Waals surface area contributed by atoms with E-state index in [2.05, 4.69) is 39.3 Å². The van der Waals surface area contributed by atoms with E-state index in [1.165, 1.54) is 11.1 Å². The van der Waals surface area contributed by atoms with E-state index in [1.54, 1.807) is 0 Å². The molecule has 0 atom stereocenters. The number of guanidine groups is 1. The number of fused-ring (bicyclic) bond motifs is 1. The van der Waals surface area contributed by atoms with Crippen molar-refractivity contribution < 1.29 is 14.0 Å². The number of aliphatic imine (C=N–C) groups is 1. The fourth-order valence-corrected chi connectivity index (χ4v) is 3.97. The molecule has 2 aliphatic rings. The molecule has 0 unspecified atom stereocenters. The number of nitrogens with one attached hydrogen (secondary N) is 1. The lowest BCUT2D eigenvalue weighted by Gasteiger charge is -2.36. The second-order valence-corrected chi connectivity index (χ2v) is 7.74. The number of piperazine rings is 1. The van der Waals surface area contributed by atoms with Crippen molar-refractivity contribution in [1.82, 2.24) is 20.3 Å². The zero-order valence-electron chi connectivity index (χ0n) is 18.5. The Morgan fingerprint density at radius 3 is 2.61 bits per heavy atom. The van der Waals surface area contributed by atoms with Gasteiger partial charge < -0.3 is 24.2 Å². The third-order valence-corrected chi connectivity index (χ3v) is 5.65. The Morgan fingerprint density at radius 1 is 1.13 bits per heavy atom. The van der Waals surface area contributed by atoms with E-state index in [0.717, 1.165) is 81.1 Å². The Morgan fingerprint density at radius 2 is 1.90 bits per heavy atom. The molecule has 1 fully saturated rings. The summed E-state index contributed by atoms with van der Waals surface area (Å²) in [6.07, 6.45) is 0.847. The SMILES string of the molecule is CCNC(=NCCc1c(C)noc1C)N1CCN(Cc2ccc3c(c2)OCO3)CC1.I. The smallest absolute Gasteiger partial charge is 0.231 e. The van der Waals surface area contributed by atoms with E-state index in [4.69, 9.17) is 19.0 Å². The van der Waals surface area contributed by atoms with Gasteiger partial charge in [0.2, 0.25) is 6.79 Å². The third-order valence-electron chi connectivity index (χ3n) is 5.65. The maximum Gasteiger partial charge on any atom is 0.231 e. The minimum atomic E-state index is 0. The zero-order valence-corrected chi connectivity index (χ0v) is 20.8. The first kappa shape index (κ1) is 23.6. The van der Waals surface area contributed by atoms with Crippen LogP contribution in [0.4, 0.5) is 0 Å². The molecule has 0 spiro atoms. The van der Waals surface area contributed by atoms with E-state index >= 15 is 0 Å². The molecule has 1 aromatic heterocycles. The van der Waals surface area contributed by atoms with E-state index in [9.17, 15) is 0 Å². The molecule has 9 heteroatoms. The molecule has 170 valence electrons. The normalized spacial score (nSPS) is 16.4. The largest absolute Gasteiger partial charge is 0.454 e. The number of ether oxygens (including phenoxy) is 2. The second-order valence-electron chi connectivity index (χ2n) is 7.74. The van der Waals surface area contributed by atoms with Crippen LogP contribution in [0.25, 0.3) is 0 Å². The van der Waals surface area contributed by atoms with Gasteiger partial charge in [-0.2, -0.15) is 0 Å². The van der Waals surface area contributed by atoms with Crippen molar-refractivity contribution in [3.05, 3.63) is 40.8 Å². The highest BCUT2D eigenvalue weighted by Gasteiger charge is 2.21. The van der Waals surface area contributed by atoms with Gasteiger partial charge in [0.1, 0.15) is 5.76 Å². The number of benzene rings is 1. The summed E-state index contributed by atoms with van der Waals surface area (Å²) in [6, 6.07) is 6.22. The van der Waals surface area contributed by atoms with E-state index in [0.29, 0.717) is 6.79 Å². The third kappa shape index (κ3) is 5.82. The van der Waals surface area contributed by atoms with Crippen molar-refractivity contribution >= 4 is 29.9 Å². The van der Waals surface area contributed by atoms with Gasteiger partial charge in [-0.15, -0.1) is 24.0 Å². The summed E-state index contributed by atoms with van der Waals surface area (Å²) < 4.78 is 16.2. The molecule has 4 rings (SSSR count). The van der Waals surface area contributed by atoms with Crippen LogP contribution in [0, 0.1) is 13.8 Å². The standard InChI is InChI=1S/C22H31N5O3.HI/c1-4-23-22(24-8-7-19-16(2)25-30-17(19)3)27-11-9-26(10-12-27)14-18-5-6-20-21(13-18)29-15-28-20;/h5-6,13H,4,7-12,14-15H2,1-3H3,(H,23,24);1H. The van der Waals surface area contributed by atoms with Crippen molar-refractivity contribution in [2.75, 3.05) is 46.1 Å². The Kier molecular flexibility index (Phi) is 8.42. The van der Waals surface area contributed by atoms with E-state index in [1.807, 2.05) is 19.9 Å². The van der Waals surface area contributed by atoms with Crippen LogP contribution in [0.1, 0.15) is 29.5 Å². The highest BCUT2D eigenvalue weighted by Crippen LogP contribution is 2.32. The van der Waals surface area contributed by atoms with Gasteiger partial charge in [-0.3, -0.25) is 9.89 Å². The van der Waals surface area contributed by atoms with Crippen LogP contribution in [0.15, 0.2) is 27.7 Å². The van der Waals surface area contributed by atoms with Crippen molar-refractivity contribution in [1.29, 1.82) is 0 Å². The minimum Gasteiger partial charge on any atom is -0.454 e. The lowest BCUT2D eigenvalue weighted by atomic mass is 10.1. The number of halogens is 1. The maximum atomic E-state index is 5.50. The molecule has 0 radical (unpaired) electrons. The number of aromatic nitrogens is 1. The number of hydrogen-bond acceptors (Lipinski definition) is 6.